The molecule has 1 aliphatic heterocycles. The summed E-state index contributed by atoms with van der Waals surface area (Å²) in [6.45, 7) is 3.66. The average molecular weight is 256 g/mol. The maximum atomic E-state index is 11.3. The smallest absolute Gasteiger partial charge is 0.436 e. The summed E-state index contributed by atoms with van der Waals surface area (Å²) in [7, 11) is 0. The van der Waals surface area contributed by atoms with Gasteiger partial charge in [0.25, 0.3) is 0 Å². The molecule has 0 aliphatic carbocycles. The molecule has 0 aromatic carbocycles. The normalized spacial score (nSPS) is 18.3. The first-order chi connectivity index (χ1) is 8.31. The highest BCUT2D eigenvalue weighted by Gasteiger charge is 2.16. The fraction of sp³-hybridized carbons (Fsp3) is 0.636. The molecule has 2 heterocycles. The Bertz CT molecular complexity index is 432. The molecular formula is C11H16N2O3S. The number of aromatic nitrogens is 1. The van der Waals surface area contributed by atoms with Crippen LogP contribution in [-0.2, 0) is 9.47 Å². The Morgan fingerprint density at radius 1 is 1.65 bits per heavy atom. The van der Waals surface area contributed by atoms with Crippen LogP contribution in [0, 0.1) is 0 Å². The first-order valence-electron chi connectivity index (χ1n) is 5.76. The Hall–Kier alpha value is -1.14. The highest BCUT2D eigenvalue weighted by molar-refractivity contribution is 7.07. The Morgan fingerprint density at radius 2 is 2.41 bits per heavy atom. The van der Waals surface area contributed by atoms with Gasteiger partial charge >= 0.3 is 6.09 Å². The van der Waals surface area contributed by atoms with Crippen LogP contribution < -0.4 is 4.80 Å². The summed E-state index contributed by atoms with van der Waals surface area (Å²) in [4.78, 5) is 16.0. The van der Waals surface area contributed by atoms with Crippen LogP contribution >= 0.6 is 11.3 Å². The molecule has 2 rings (SSSR count). The van der Waals surface area contributed by atoms with Crippen LogP contribution in [0.5, 0.6) is 0 Å². The number of thiazole rings is 1. The van der Waals surface area contributed by atoms with Gasteiger partial charge in [0, 0.05) is 30.8 Å². The van der Waals surface area contributed by atoms with Gasteiger partial charge in [-0.2, -0.15) is 0 Å². The molecule has 5 nitrogen and oxygen atoms in total. The second kappa shape index (κ2) is 5.97. The van der Waals surface area contributed by atoms with Gasteiger partial charge in [-0.1, -0.05) is 0 Å². The van der Waals surface area contributed by atoms with Gasteiger partial charge in [-0.15, -0.1) is 16.3 Å². The van der Waals surface area contributed by atoms with E-state index in [1.54, 1.807) is 6.92 Å². The maximum Gasteiger partial charge on any atom is 0.436 e. The summed E-state index contributed by atoms with van der Waals surface area (Å²) < 4.78 is 12.2. The summed E-state index contributed by atoms with van der Waals surface area (Å²) in [5.41, 5.74) is 0. The van der Waals surface area contributed by atoms with Gasteiger partial charge in [0.1, 0.15) is 0 Å². The van der Waals surface area contributed by atoms with Crippen LogP contribution in [0.15, 0.2) is 16.6 Å². The number of amides is 1. The molecule has 6 heteroatoms. The number of carbonyl (C=O) groups excluding carboxylic acids is 1. The predicted molar refractivity (Wildman–Crippen MR) is 64.0 cm³/mol. The van der Waals surface area contributed by atoms with E-state index in [0.717, 1.165) is 26.1 Å². The number of hydrogen-bond donors (Lipinski definition) is 0. The Labute approximate surface area is 104 Å². The van der Waals surface area contributed by atoms with Crippen molar-refractivity contribution < 1.29 is 14.3 Å². The molecular weight excluding hydrogens is 240 g/mol. The molecule has 94 valence electrons. The Balaban J connectivity index is 2.18. The van der Waals surface area contributed by atoms with E-state index in [2.05, 4.69) is 4.99 Å². The van der Waals surface area contributed by atoms with Crippen molar-refractivity contribution >= 4 is 17.4 Å². The van der Waals surface area contributed by atoms with E-state index in [-0.39, 0.29) is 0 Å². The van der Waals surface area contributed by atoms with E-state index in [1.165, 1.54) is 11.3 Å². The fourth-order valence-electron chi connectivity index (χ4n) is 1.84. The van der Waals surface area contributed by atoms with Crippen LogP contribution in [0.1, 0.15) is 25.8 Å². The van der Waals surface area contributed by atoms with Crippen molar-refractivity contribution in [2.75, 3.05) is 19.8 Å². The average Bonchev–Trinajstić information content (AvgIpc) is 2.78. The SMILES string of the molecule is CCOC(=O)N=c1sccn1C1CCOCC1. The molecule has 1 aromatic heterocycles. The van der Waals surface area contributed by atoms with Crippen LogP contribution in [0.3, 0.4) is 0 Å². The summed E-state index contributed by atoms with van der Waals surface area (Å²) in [6.07, 6.45) is 3.38. The van der Waals surface area contributed by atoms with E-state index < -0.39 is 6.09 Å². The number of rotatable bonds is 2. The third-order valence-electron chi connectivity index (χ3n) is 2.65. The van der Waals surface area contributed by atoms with E-state index >= 15 is 0 Å². The fourth-order valence-corrected chi connectivity index (χ4v) is 2.61. The number of carbonyl (C=O) groups is 1. The van der Waals surface area contributed by atoms with E-state index in [0.29, 0.717) is 17.5 Å². The molecule has 0 radical (unpaired) electrons. The molecule has 0 saturated carbocycles. The monoisotopic (exact) mass is 256 g/mol. The Kier molecular flexibility index (Phi) is 4.33. The van der Waals surface area contributed by atoms with Crippen molar-refractivity contribution in [2.24, 2.45) is 4.99 Å². The minimum Gasteiger partial charge on any atom is -0.448 e. The van der Waals surface area contributed by atoms with Crippen molar-refractivity contribution in [1.29, 1.82) is 0 Å². The van der Waals surface area contributed by atoms with Gasteiger partial charge in [-0.25, -0.2) is 4.79 Å². The molecule has 1 fully saturated rings. The van der Waals surface area contributed by atoms with Gasteiger partial charge in [0.15, 0.2) is 4.80 Å². The molecule has 1 aliphatic rings. The van der Waals surface area contributed by atoms with Crippen molar-refractivity contribution in [1.82, 2.24) is 4.57 Å². The first kappa shape index (κ1) is 12.3. The van der Waals surface area contributed by atoms with Crippen LogP contribution in [0.4, 0.5) is 4.79 Å². The van der Waals surface area contributed by atoms with Crippen LogP contribution in [0.2, 0.25) is 0 Å². The van der Waals surface area contributed by atoms with E-state index in [9.17, 15) is 4.79 Å². The first-order valence-corrected chi connectivity index (χ1v) is 6.64. The topological polar surface area (TPSA) is 52.8 Å². The van der Waals surface area contributed by atoms with Crippen LogP contribution in [-0.4, -0.2) is 30.5 Å². The third-order valence-corrected chi connectivity index (χ3v) is 3.43. The molecule has 0 spiro atoms. The zero-order valence-electron chi connectivity index (χ0n) is 9.80. The molecule has 1 amide bonds. The van der Waals surface area contributed by atoms with Crippen molar-refractivity contribution in [3.63, 3.8) is 0 Å². The van der Waals surface area contributed by atoms with Crippen molar-refractivity contribution in [3.05, 3.63) is 16.4 Å². The van der Waals surface area contributed by atoms with Gasteiger partial charge in [0.05, 0.1) is 6.61 Å². The van der Waals surface area contributed by atoms with Crippen LogP contribution in [0.25, 0.3) is 0 Å². The van der Waals surface area contributed by atoms with Crippen molar-refractivity contribution in [2.45, 2.75) is 25.8 Å². The highest BCUT2D eigenvalue weighted by Crippen LogP contribution is 2.19. The number of nitrogens with zero attached hydrogens (tertiary/aromatic N) is 2. The standard InChI is InChI=1S/C11H16N2O3S/c1-2-16-11(14)12-10-13(5-8-17-10)9-3-6-15-7-4-9/h5,8-9H,2-4,6-7H2,1H3. The van der Waals surface area contributed by atoms with Crippen molar-refractivity contribution in [3.8, 4) is 0 Å². The molecule has 0 N–H and O–H groups in total. The summed E-state index contributed by atoms with van der Waals surface area (Å²) in [5, 5.41) is 1.94. The third kappa shape index (κ3) is 3.17. The lowest BCUT2D eigenvalue weighted by Gasteiger charge is -2.23. The summed E-state index contributed by atoms with van der Waals surface area (Å²) >= 11 is 1.45. The molecule has 0 unspecified atom stereocenters. The van der Waals surface area contributed by atoms with Gasteiger partial charge < -0.3 is 14.0 Å². The highest BCUT2D eigenvalue weighted by atomic mass is 32.1. The largest absolute Gasteiger partial charge is 0.448 e. The predicted octanol–water partition coefficient (Wildman–Crippen LogP) is 1.96. The van der Waals surface area contributed by atoms with Gasteiger partial charge in [-0.3, -0.25) is 0 Å². The second-order valence-electron chi connectivity index (χ2n) is 3.75. The zero-order valence-corrected chi connectivity index (χ0v) is 10.6. The molecule has 0 bridgehead atoms. The minimum atomic E-state index is -0.518. The number of hydrogen-bond acceptors (Lipinski definition) is 4. The minimum absolute atomic E-state index is 0.352. The molecule has 1 saturated heterocycles. The quantitative estimate of drug-likeness (QED) is 0.812. The van der Waals surface area contributed by atoms with E-state index in [1.807, 2.05) is 16.1 Å². The van der Waals surface area contributed by atoms with Gasteiger partial charge in [0.2, 0.25) is 0 Å². The van der Waals surface area contributed by atoms with E-state index in [4.69, 9.17) is 9.47 Å². The molecule has 0 atom stereocenters. The zero-order chi connectivity index (χ0) is 12.1. The lowest BCUT2D eigenvalue weighted by atomic mass is 10.1. The molecule has 1 aromatic rings. The Morgan fingerprint density at radius 3 is 3.12 bits per heavy atom. The lowest BCUT2D eigenvalue weighted by Crippen LogP contribution is -2.26. The summed E-state index contributed by atoms with van der Waals surface area (Å²) in [5.74, 6) is 0. The second-order valence-corrected chi connectivity index (χ2v) is 4.62. The number of ether oxygens (including phenoxy) is 2. The lowest BCUT2D eigenvalue weighted by molar-refractivity contribution is 0.0688. The maximum absolute atomic E-state index is 11.3. The van der Waals surface area contributed by atoms with Gasteiger partial charge in [-0.05, 0) is 19.8 Å². The summed E-state index contributed by atoms with van der Waals surface area (Å²) in [6, 6.07) is 0.378. The molecule has 17 heavy (non-hydrogen) atoms.